The van der Waals surface area contributed by atoms with Gasteiger partial charge in [-0.25, -0.2) is 0 Å². The Morgan fingerprint density at radius 1 is 1.17 bits per heavy atom. The lowest BCUT2D eigenvalue weighted by Gasteiger charge is -2.00. The van der Waals surface area contributed by atoms with E-state index in [9.17, 15) is 0 Å². The molecule has 4 heteroatoms. The second-order valence-corrected chi connectivity index (χ2v) is 4.67. The van der Waals surface area contributed by atoms with Gasteiger partial charge in [0.15, 0.2) is 0 Å². The SMILES string of the molecule is Brc1ccc2nccc(C#Cc3cn[nH]c3)c2c1. The van der Waals surface area contributed by atoms with Gasteiger partial charge in [0, 0.05) is 27.8 Å². The van der Waals surface area contributed by atoms with E-state index in [0.717, 1.165) is 26.5 Å². The highest BCUT2D eigenvalue weighted by Crippen LogP contribution is 2.20. The summed E-state index contributed by atoms with van der Waals surface area (Å²) >= 11 is 3.47. The number of rotatable bonds is 0. The molecule has 0 radical (unpaired) electrons. The molecule has 3 nitrogen and oxygen atoms in total. The van der Waals surface area contributed by atoms with Crippen molar-refractivity contribution >= 4 is 26.8 Å². The number of fused-ring (bicyclic) bond motifs is 1. The Morgan fingerprint density at radius 3 is 2.94 bits per heavy atom. The van der Waals surface area contributed by atoms with Gasteiger partial charge >= 0.3 is 0 Å². The van der Waals surface area contributed by atoms with Crippen LogP contribution in [0.4, 0.5) is 0 Å². The van der Waals surface area contributed by atoms with E-state index in [-0.39, 0.29) is 0 Å². The molecule has 3 aromatic rings. The average molecular weight is 298 g/mol. The molecule has 3 rings (SSSR count). The number of halogens is 1. The van der Waals surface area contributed by atoms with E-state index in [0.29, 0.717) is 0 Å². The molecule has 0 atom stereocenters. The molecule has 0 saturated heterocycles. The molecule has 0 aliphatic carbocycles. The number of aromatic nitrogens is 3. The first-order chi connectivity index (χ1) is 8.83. The van der Waals surface area contributed by atoms with Crippen LogP contribution >= 0.6 is 15.9 Å². The van der Waals surface area contributed by atoms with Crippen molar-refractivity contribution in [2.24, 2.45) is 0 Å². The maximum absolute atomic E-state index is 4.32. The average Bonchev–Trinajstić information content (AvgIpc) is 2.89. The minimum atomic E-state index is 0.870. The van der Waals surface area contributed by atoms with Gasteiger partial charge in [-0.2, -0.15) is 5.10 Å². The predicted octanol–water partition coefficient (Wildman–Crippen LogP) is 3.12. The number of nitrogens with zero attached hydrogens (tertiary/aromatic N) is 2. The molecule has 0 aliphatic rings. The van der Waals surface area contributed by atoms with Gasteiger partial charge in [-0.15, -0.1) is 0 Å². The highest BCUT2D eigenvalue weighted by Gasteiger charge is 2.00. The number of H-pyrrole nitrogens is 1. The predicted molar refractivity (Wildman–Crippen MR) is 74.0 cm³/mol. The largest absolute Gasteiger partial charge is 0.284 e. The summed E-state index contributed by atoms with van der Waals surface area (Å²) in [5.41, 5.74) is 2.77. The number of aromatic amines is 1. The summed E-state index contributed by atoms with van der Waals surface area (Å²) in [6, 6.07) is 7.90. The third kappa shape index (κ3) is 2.13. The molecule has 0 fully saturated rings. The van der Waals surface area contributed by atoms with Gasteiger partial charge < -0.3 is 0 Å². The van der Waals surface area contributed by atoms with Gasteiger partial charge in [-0.3, -0.25) is 10.1 Å². The van der Waals surface area contributed by atoms with Crippen molar-refractivity contribution in [3.8, 4) is 11.8 Å². The Labute approximate surface area is 112 Å². The lowest BCUT2D eigenvalue weighted by atomic mass is 10.1. The maximum atomic E-state index is 4.32. The standard InChI is InChI=1S/C14H8BrN3/c15-12-3-4-14-13(7-12)11(5-6-16-14)2-1-10-8-17-18-9-10/h3-9H,(H,17,18). The van der Waals surface area contributed by atoms with Crippen molar-refractivity contribution in [2.45, 2.75) is 0 Å². The summed E-state index contributed by atoms with van der Waals surface area (Å²) in [7, 11) is 0. The van der Waals surface area contributed by atoms with Crippen molar-refractivity contribution in [3.63, 3.8) is 0 Å². The van der Waals surface area contributed by atoms with Crippen LogP contribution in [-0.2, 0) is 0 Å². The van der Waals surface area contributed by atoms with Crippen LogP contribution in [0.5, 0.6) is 0 Å². The van der Waals surface area contributed by atoms with Gasteiger partial charge in [0.25, 0.3) is 0 Å². The first-order valence-electron chi connectivity index (χ1n) is 5.38. The minimum Gasteiger partial charge on any atom is -0.284 e. The molecule has 18 heavy (non-hydrogen) atoms. The van der Waals surface area contributed by atoms with Crippen molar-refractivity contribution in [1.82, 2.24) is 15.2 Å². The molecular formula is C14H8BrN3. The topological polar surface area (TPSA) is 41.6 Å². The number of benzene rings is 1. The van der Waals surface area contributed by atoms with Crippen molar-refractivity contribution < 1.29 is 0 Å². The fourth-order valence-corrected chi connectivity index (χ4v) is 2.05. The molecule has 0 aliphatic heterocycles. The summed E-state index contributed by atoms with van der Waals surface area (Å²) < 4.78 is 1.02. The van der Waals surface area contributed by atoms with E-state index in [1.165, 1.54) is 0 Å². The van der Waals surface area contributed by atoms with Crippen molar-refractivity contribution in [2.75, 3.05) is 0 Å². The molecular weight excluding hydrogens is 290 g/mol. The zero-order valence-corrected chi connectivity index (χ0v) is 10.9. The van der Waals surface area contributed by atoms with Crippen LogP contribution in [0, 0.1) is 11.8 Å². The molecule has 1 N–H and O–H groups in total. The number of nitrogens with one attached hydrogen (secondary N) is 1. The van der Waals surface area contributed by atoms with Gasteiger partial charge in [-0.05, 0) is 24.3 Å². The van der Waals surface area contributed by atoms with E-state index >= 15 is 0 Å². The van der Waals surface area contributed by atoms with Crippen molar-refractivity contribution in [1.29, 1.82) is 0 Å². The Balaban J connectivity index is 2.14. The van der Waals surface area contributed by atoms with E-state index < -0.39 is 0 Å². The Kier molecular flexibility index (Phi) is 2.83. The number of hydrogen-bond donors (Lipinski definition) is 1. The van der Waals surface area contributed by atoms with Crippen LogP contribution in [0.15, 0.2) is 47.3 Å². The molecule has 1 aromatic carbocycles. The van der Waals surface area contributed by atoms with Crippen LogP contribution in [0.1, 0.15) is 11.1 Å². The molecule has 2 heterocycles. The van der Waals surface area contributed by atoms with Crippen LogP contribution < -0.4 is 0 Å². The van der Waals surface area contributed by atoms with E-state index in [2.05, 4.69) is 43.0 Å². The second kappa shape index (κ2) is 4.63. The summed E-state index contributed by atoms with van der Waals surface area (Å²) in [6.45, 7) is 0. The third-order valence-electron chi connectivity index (χ3n) is 2.54. The van der Waals surface area contributed by atoms with Gasteiger partial charge in [0.1, 0.15) is 0 Å². The smallest absolute Gasteiger partial charge is 0.0715 e. The summed E-state index contributed by atoms with van der Waals surface area (Å²) in [4.78, 5) is 4.32. The molecule has 2 aromatic heterocycles. The highest BCUT2D eigenvalue weighted by atomic mass is 79.9. The quantitative estimate of drug-likeness (QED) is 0.648. The van der Waals surface area contributed by atoms with Gasteiger partial charge in [0.2, 0.25) is 0 Å². The molecule has 0 spiro atoms. The molecule has 0 unspecified atom stereocenters. The maximum Gasteiger partial charge on any atom is 0.0715 e. The molecule has 0 amide bonds. The van der Waals surface area contributed by atoms with Crippen LogP contribution in [0.3, 0.4) is 0 Å². The Bertz CT molecular complexity index is 752. The van der Waals surface area contributed by atoms with Crippen LogP contribution in [0.25, 0.3) is 10.9 Å². The van der Waals surface area contributed by atoms with E-state index in [1.807, 2.05) is 24.3 Å². The minimum absolute atomic E-state index is 0.870. The highest BCUT2D eigenvalue weighted by molar-refractivity contribution is 9.10. The summed E-state index contributed by atoms with van der Waals surface area (Å²) in [5, 5.41) is 7.65. The van der Waals surface area contributed by atoms with Gasteiger partial charge in [0.05, 0.1) is 17.3 Å². The first-order valence-corrected chi connectivity index (χ1v) is 6.17. The second-order valence-electron chi connectivity index (χ2n) is 3.76. The fraction of sp³-hybridized carbons (Fsp3) is 0. The summed E-state index contributed by atoms with van der Waals surface area (Å²) in [5.74, 6) is 6.21. The van der Waals surface area contributed by atoms with E-state index in [1.54, 1.807) is 18.6 Å². The Morgan fingerprint density at radius 2 is 2.11 bits per heavy atom. The normalized spacial score (nSPS) is 10.1. The lowest BCUT2D eigenvalue weighted by Crippen LogP contribution is -1.83. The first kappa shape index (κ1) is 11.0. The zero-order chi connectivity index (χ0) is 12.4. The fourth-order valence-electron chi connectivity index (χ4n) is 1.69. The van der Waals surface area contributed by atoms with Crippen molar-refractivity contribution in [3.05, 3.63) is 58.5 Å². The number of pyridine rings is 1. The lowest BCUT2D eigenvalue weighted by molar-refractivity contribution is 1.09. The third-order valence-corrected chi connectivity index (χ3v) is 3.04. The molecule has 86 valence electrons. The van der Waals surface area contributed by atoms with Crippen LogP contribution in [-0.4, -0.2) is 15.2 Å². The van der Waals surface area contributed by atoms with Crippen LogP contribution in [0.2, 0.25) is 0 Å². The zero-order valence-electron chi connectivity index (χ0n) is 9.31. The van der Waals surface area contributed by atoms with E-state index in [4.69, 9.17) is 0 Å². The molecule has 0 saturated carbocycles. The monoisotopic (exact) mass is 297 g/mol. The summed E-state index contributed by atoms with van der Waals surface area (Å²) in [6.07, 6.45) is 5.24. The number of hydrogen-bond acceptors (Lipinski definition) is 2. The Hall–Kier alpha value is -2.12. The van der Waals surface area contributed by atoms with Gasteiger partial charge in [-0.1, -0.05) is 27.8 Å². The molecule has 0 bridgehead atoms.